The van der Waals surface area contributed by atoms with Gasteiger partial charge in [-0.25, -0.2) is 8.42 Å². The van der Waals surface area contributed by atoms with Crippen molar-refractivity contribution in [2.45, 2.75) is 19.8 Å². The van der Waals surface area contributed by atoms with Crippen molar-refractivity contribution in [1.82, 2.24) is 0 Å². The number of hydrogen-bond donors (Lipinski definition) is 2. The smallest absolute Gasteiger partial charge is 0.234 e. The lowest BCUT2D eigenvalue weighted by atomic mass is 10.0. The molecule has 0 fully saturated rings. The first-order valence-electron chi connectivity index (χ1n) is 5.16. The minimum Gasteiger partial charge on any atom is -0.395 e. The molecule has 5 heteroatoms. The van der Waals surface area contributed by atoms with Crippen LogP contribution in [0.15, 0.2) is 24.3 Å². The minimum absolute atomic E-state index is 0.244. The lowest BCUT2D eigenvalue weighted by molar-refractivity contribution is 0.320. The monoisotopic (exact) mass is 243 g/mol. The summed E-state index contributed by atoms with van der Waals surface area (Å²) in [6, 6.07) is 7.27. The number of rotatable bonds is 5. The molecule has 0 amide bonds. The largest absolute Gasteiger partial charge is 0.395 e. The lowest BCUT2D eigenvalue weighted by Crippen LogP contribution is -2.19. The Bertz CT molecular complexity index is 440. The number of para-hydroxylation sites is 1. The van der Waals surface area contributed by atoms with Crippen molar-refractivity contribution >= 4 is 15.7 Å². The van der Waals surface area contributed by atoms with Crippen molar-refractivity contribution in [3.63, 3.8) is 0 Å². The van der Waals surface area contributed by atoms with Gasteiger partial charge < -0.3 is 5.11 Å². The Morgan fingerprint density at radius 2 is 1.94 bits per heavy atom. The van der Waals surface area contributed by atoms with Gasteiger partial charge in [-0.1, -0.05) is 32.0 Å². The van der Waals surface area contributed by atoms with E-state index in [0.29, 0.717) is 5.69 Å². The van der Waals surface area contributed by atoms with Gasteiger partial charge in [-0.05, 0) is 17.5 Å². The third-order valence-electron chi connectivity index (χ3n) is 2.21. The SMILES string of the molecule is CC(C)c1ccccc1NS(=O)(=O)CCO. The van der Waals surface area contributed by atoms with Crippen molar-refractivity contribution in [3.8, 4) is 0 Å². The van der Waals surface area contributed by atoms with Crippen molar-refractivity contribution in [3.05, 3.63) is 29.8 Å². The fourth-order valence-electron chi connectivity index (χ4n) is 1.43. The van der Waals surface area contributed by atoms with E-state index in [1.165, 1.54) is 0 Å². The fraction of sp³-hybridized carbons (Fsp3) is 0.455. The van der Waals surface area contributed by atoms with E-state index in [4.69, 9.17) is 5.11 Å². The zero-order valence-corrected chi connectivity index (χ0v) is 10.3. The third-order valence-corrected chi connectivity index (χ3v) is 3.46. The van der Waals surface area contributed by atoms with Crippen LogP contribution in [0.1, 0.15) is 25.3 Å². The highest BCUT2D eigenvalue weighted by Crippen LogP contribution is 2.24. The summed E-state index contributed by atoms with van der Waals surface area (Å²) in [4.78, 5) is 0. The van der Waals surface area contributed by atoms with E-state index in [-0.39, 0.29) is 18.3 Å². The van der Waals surface area contributed by atoms with Crippen LogP contribution in [0.25, 0.3) is 0 Å². The van der Waals surface area contributed by atoms with E-state index in [0.717, 1.165) is 5.56 Å². The van der Waals surface area contributed by atoms with E-state index < -0.39 is 10.0 Å². The maximum absolute atomic E-state index is 11.5. The van der Waals surface area contributed by atoms with Gasteiger partial charge in [0, 0.05) is 0 Å². The maximum Gasteiger partial charge on any atom is 0.234 e. The van der Waals surface area contributed by atoms with Crippen LogP contribution in [-0.2, 0) is 10.0 Å². The molecule has 2 N–H and O–H groups in total. The third kappa shape index (κ3) is 3.50. The van der Waals surface area contributed by atoms with Gasteiger partial charge in [-0.2, -0.15) is 0 Å². The summed E-state index contributed by atoms with van der Waals surface area (Å²) in [5, 5.41) is 8.64. The summed E-state index contributed by atoms with van der Waals surface area (Å²) in [6.07, 6.45) is 0. The molecule has 0 bridgehead atoms. The van der Waals surface area contributed by atoms with Crippen molar-refractivity contribution in [1.29, 1.82) is 0 Å². The fourth-order valence-corrected chi connectivity index (χ4v) is 2.30. The number of aliphatic hydroxyl groups is 1. The van der Waals surface area contributed by atoms with Gasteiger partial charge in [0.05, 0.1) is 18.0 Å². The summed E-state index contributed by atoms with van der Waals surface area (Å²) in [5.41, 5.74) is 1.54. The molecule has 1 aromatic rings. The molecule has 4 nitrogen and oxygen atoms in total. The van der Waals surface area contributed by atoms with E-state index in [2.05, 4.69) is 4.72 Å². The molecule has 0 radical (unpaired) electrons. The van der Waals surface area contributed by atoms with Gasteiger partial charge in [-0.3, -0.25) is 4.72 Å². The second kappa shape index (κ2) is 5.32. The van der Waals surface area contributed by atoms with Gasteiger partial charge >= 0.3 is 0 Å². The molecule has 1 aromatic carbocycles. The Morgan fingerprint density at radius 1 is 1.31 bits per heavy atom. The topological polar surface area (TPSA) is 66.4 Å². The highest BCUT2D eigenvalue weighted by atomic mass is 32.2. The Balaban J connectivity index is 2.97. The summed E-state index contributed by atoms with van der Waals surface area (Å²) in [5.74, 6) is -0.0348. The van der Waals surface area contributed by atoms with Crippen LogP contribution in [0.2, 0.25) is 0 Å². The Labute approximate surface area is 96.4 Å². The second-order valence-electron chi connectivity index (χ2n) is 3.89. The number of nitrogens with one attached hydrogen (secondary N) is 1. The van der Waals surface area contributed by atoms with Gasteiger partial charge in [0.25, 0.3) is 0 Å². The molecule has 1 rings (SSSR count). The molecule has 0 spiro atoms. The number of aliphatic hydroxyl groups excluding tert-OH is 1. The van der Waals surface area contributed by atoms with Gasteiger partial charge in [0.1, 0.15) is 0 Å². The highest BCUT2D eigenvalue weighted by Gasteiger charge is 2.13. The first kappa shape index (κ1) is 13.0. The van der Waals surface area contributed by atoms with Gasteiger partial charge in [0.15, 0.2) is 0 Å². The first-order chi connectivity index (χ1) is 7.46. The van der Waals surface area contributed by atoms with Crippen LogP contribution in [0.3, 0.4) is 0 Å². The molecular weight excluding hydrogens is 226 g/mol. The van der Waals surface area contributed by atoms with Crippen LogP contribution >= 0.6 is 0 Å². The molecule has 16 heavy (non-hydrogen) atoms. The molecule has 0 saturated carbocycles. The number of benzene rings is 1. The summed E-state index contributed by atoms with van der Waals surface area (Å²) >= 11 is 0. The van der Waals surface area contributed by atoms with Gasteiger partial charge in [-0.15, -0.1) is 0 Å². The summed E-state index contributed by atoms with van der Waals surface area (Å²) in [6.45, 7) is 3.62. The average molecular weight is 243 g/mol. The quantitative estimate of drug-likeness (QED) is 0.824. The van der Waals surface area contributed by atoms with E-state index in [9.17, 15) is 8.42 Å². The van der Waals surface area contributed by atoms with Crippen LogP contribution in [0, 0.1) is 0 Å². The Morgan fingerprint density at radius 3 is 2.50 bits per heavy atom. The highest BCUT2D eigenvalue weighted by molar-refractivity contribution is 7.92. The predicted octanol–water partition coefficient (Wildman–Crippen LogP) is 1.54. The normalized spacial score (nSPS) is 11.8. The zero-order valence-electron chi connectivity index (χ0n) is 9.47. The van der Waals surface area contributed by atoms with E-state index in [1.54, 1.807) is 12.1 Å². The molecule has 0 aromatic heterocycles. The molecule has 0 aliphatic rings. The van der Waals surface area contributed by atoms with Crippen LogP contribution in [0.4, 0.5) is 5.69 Å². The molecule has 0 aliphatic heterocycles. The Hall–Kier alpha value is -1.07. The number of sulfonamides is 1. The number of anilines is 1. The zero-order chi connectivity index (χ0) is 12.2. The predicted molar refractivity (Wildman–Crippen MR) is 65.0 cm³/mol. The molecule has 0 atom stereocenters. The van der Waals surface area contributed by atoms with Crippen LogP contribution < -0.4 is 4.72 Å². The molecule has 0 heterocycles. The second-order valence-corrected chi connectivity index (χ2v) is 5.73. The number of hydrogen-bond acceptors (Lipinski definition) is 3. The van der Waals surface area contributed by atoms with E-state index >= 15 is 0 Å². The first-order valence-corrected chi connectivity index (χ1v) is 6.82. The van der Waals surface area contributed by atoms with Crippen molar-refractivity contribution < 1.29 is 13.5 Å². The van der Waals surface area contributed by atoms with Crippen LogP contribution in [-0.4, -0.2) is 25.9 Å². The Kier molecular flexibility index (Phi) is 4.32. The van der Waals surface area contributed by atoms with Gasteiger partial charge in [0.2, 0.25) is 10.0 Å². The standard InChI is InChI=1S/C11H17NO3S/c1-9(2)10-5-3-4-6-11(10)12-16(14,15)8-7-13/h3-6,9,12-13H,7-8H2,1-2H3. The molecule has 90 valence electrons. The molecule has 0 saturated heterocycles. The lowest BCUT2D eigenvalue weighted by Gasteiger charge is -2.14. The van der Waals surface area contributed by atoms with Crippen molar-refractivity contribution in [2.24, 2.45) is 0 Å². The minimum atomic E-state index is -3.44. The van der Waals surface area contributed by atoms with E-state index in [1.807, 2.05) is 26.0 Å². The summed E-state index contributed by atoms with van der Waals surface area (Å²) in [7, 11) is -3.44. The average Bonchev–Trinajstić information content (AvgIpc) is 2.17. The summed E-state index contributed by atoms with van der Waals surface area (Å²) < 4.78 is 25.5. The molecule has 0 aliphatic carbocycles. The molecular formula is C11H17NO3S. The van der Waals surface area contributed by atoms with Crippen molar-refractivity contribution in [2.75, 3.05) is 17.1 Å². The maximum atomic E-state index is 11.5. The van der Waals surface area contributed by atoms with Crippen LogP contribution in [0.5, 0.6) is 0 Å². The molecule has 0 unspecified atom stereocenters.